The number of carbonyl (C=O) groups is 1. The maximum Gasteiger partial charge on any atom is 0.254 e. The molecule has 0 spiro atoms. The van der Waals surface area contributed by atoms with Crippen LogP contribution in [0.3, 0.4) is 0 Å². The third kappa shape index (κ3) is 4.89. The quantitative estimate of drug-likeness (QED) is 0.824. The standard InChI is InChI=1S/C20H24N2O3S.ClH/c1-15-11-17(12-21)13-22(15)20(23)18-7-9-19(10-8-18)26(24,25)14-16-5-3-2-4-6-16;/h2-10,15,17H,11-14,21H2,1H3;1H. The molecular formula is C20H25ClN2O3S. The van der Waals surface area contributed by atoms with Crippen molar-refractivity contribution in [3.63, 3.8) is 0 Å². The number of rotatable bonds is 5. The molecule has 2 N–H and O–H groups in total. The fourth-order valence-electron chi connectivity index (χ4n) is 3.44. The molecule has 1 saturated heterocycles. The summed E-state index contributed by atoms with van der Waals surface area (Å²) < 4.78 is 25.1. The van der Waals surface area contributed by atoms with Gasteiger partial charge in [0, 0.05) is 18.2 Å². The molecule has 1 amide bonds. The van der Waals surface area contributed by atoms with E-state index in [2.05, 4.69) is 0 Å². The minimum absolute atomic E-state index is 0. The molecule has 0 radical (unpaired) electrons. The van der Waals surface area contributed by atoms with E-state index in [1.54, 1.807) is 24.3 Å². The van der Waals surface area contributed by atoms with Crippen LogP contribution >= 0.6 is 12.4 Å². The Morgan fingerprint density at radius 3 is 2.30 bits per heavy atom. The van der Waals surface area contributed by atoms with E-state index in [0.717, 1.165) is 12.0 Å². The van der Waals surface area contributed by atoms with Crippen LogP contribution in [0.25, 0.3) is 0 Å². The van der Waals surface area contributed by atoms with Gasteiger partial charge in [0.15, 0.2) is 9.84 Å². The van der Waals surface area contributed by atoms with Gasteiger partial charge in [0.25, 0.3) is 5.91 Å². The van der Waals surface area contributed by atoms with Crippen LogP contribution in [0.4, 0.5) is 0 Å². The second-order valence-corrected chi connectivity index (χ2v) is 8.90. The van der Waals surface area contributed by atoms with E-state index < -0.39 is 9.84 Å². The van der Waals surface area contributed by atoms with Crippen molar-refractivity contribution < 1.29 is 13.2 Å². The van der Waals surface area contributed by atoms with Crippen molar-refractivity contribution in [2.45, 2.75) is 30.0 Å². The molecule has 5 nitrogen and oxygen atoms in total. The predicted molar refractivity (Wildman–Crippen MR) is 109 cm³/mol. The largest absolute Gasteiger partial charge is 0.336 e. The molecule has 146 valence electrons. The zero-order valence-corrected chi connectivity index (χ0v) is 16.9. The Morgan fingerprint density at radius 1 is 1.11 bits per heavy atom. The van der Waals surface area contributed by atoms with Crippen molar-refractivity contribution >= 4 is 28.2 Å². The van der Waals surface area contributed by atoms with Crippen LogP contribution in [0.2, 0.25) is 0 Å². The molecule has 0 aromatic heterocycles. The number of nitrogens with two attached hydrogens (primary N) is 1. The average molecular weight is 409 g/mol. The normalized spacial score (nSPS) is 19.6. The molecule has 1 heterocycles. The van der Waals surface area contributed by atoms with Crippen LogP contribution < -0.4 is 5.73 Å². The maximum absolute atomic E-state index is 12.7. The second-order valence-electron chi connectivity index (χ2n) is 6.91. The summed E-state index contributed by atoms with van der Waals surface area (Å²) in [7, 11) is -3.44. The van der Waals surface area contributed by atoms with Crippen LogP contribution in [0.15, 0.2) is 59.5 Å². The van der Waals surface area contributed by atoms with Gasteiger partial charge in [-0.15, -0.1) is 12.4 Å². The Morgan fingerprint density at radius 2 is 1.74 bits per heavy atom. The topological polar surface area (TPSA) is 80.5 Å². The molecule has 1 aliphatic rings. The number of sulfone groups is 1. The van der Waals surface area contributed by atoms with Gasteiger partial charge in [-0.1, -0.05) is 30.3 Å². The maximum atomic E-state index is 12.7. The summed E-state index contributed by atoms with van der Waals surface area (Å²) in [5.41, 5.74) is 6.97. The van der Waals surface area contributed by atoms with Crippen molar-refractivity contribution in [1.29, 1.82) is 0 Å². The zero-order valence-electron chi connectivity index (χ0n) is 15.2. The SMILES string of the molecule is CC1CC(CN)CN1C(=O)c1ccc(S(=O)(=O)Cc2ccccc2)cc1.Cl. The summed E-state index contributed by atoms with van der Waals surface area (Å²) >= 11 is 0. The lowest BCUT2D eigenvalue weighted by molar-refractivity contribution is 0.0743. The molecule has 1 fully saturated rings. The van der Waals surface area contributed by atoms with E-state index in [1.165, 1.54) is 12.1 Å². The fraction of sp³-hybridized carbons (Fsp3) is 0.350. The number of carbonyl (C=O) groups excluding carboxylic acids is 1. The molecular weight excluding hydrogens is 384 g/mol. The molecule has 7 heteroatoms. The van der Waals surface area contributed by atoms with Crippen LogP contribution in [-0.4, -0.2) is 38.4 Å². The smallest absolute Gasteiger partial charge is 0.254 e. The van der Waals surface area contributed by atoms with Crippen LogP contribution in [-0.2, 0) is 15.6 Å². The molecule has 27 heavy (non-hydrogen) atoms. The number of likely N-dealkylation sites (tertiary alicyclic amines) is 1. The van der Waals surface area contributed by atoms with E-state index in [4.69, 9.17) is 5.73 Å². The number of hydrogen-bond acceptors (Lipinski definition) is 4. The summed E-state index contributed by atoms with van der Waals surface area (Å²) in [6.45, 7) is 3.25. The van der Waals surface area contributed by atoms with E-state index in [1.807, 2.05) is 30.0 Å². The first-order chi connectivity index (χ1) is 12.4. The van der Waals surface area contributed by atoms with Gasteiger partial charge in [0.05, 0.1) is 10.6 Å². The summed E-state index contributed by atoms with van der Waals surface area (Å²) in [6, 6.07) is 15.5. The van der Waals surface area contributed by atoms with Crippen LogP contribution in [0.5, 0.6) is 0 Å². The van der Waals surface area contributed by atoms with E-state index >= 15 is 0 Å². The first-order valence-corrected chi connectivity index (χ1v) is 10.4. The monoisotopic (exact) mass is 408 g/mol. The molecule has 1 aliphatic heterocycles. The fourth-order valence-corrected chi connectivity index (χ4v) is 4.79. The van der Waals surface area contributed by atoms with Gasteiger partial charge < -0.3 is 10.6 Å². The minimum Gasteiger partial charge on any atom is -0.336 e. The summed E-state index contributed by atoms with van der Waals surface area (Å²) in [6.07, 6.45) is 0.909. The van der Waals surface area contributed by atoms with Gasteiger partial charge in [0.2, 0.25) is 0 Å². The van der Waals surface area contributed by atoms with Crippen molar-refractivity contribution in [2.75, 3.05) is 13.1 Å². The van der Waals surface area contributed by atoms with Gasteiger partial charge in [0.1, 0.15) is 0 Å². The molecule has 2 atom stereocenters. The third-order valence-corrected chi connectivity index (χ3v) is 6.62. The highest BCUT2D eigenvalue weighted by Gasteiger charge is 2.32. The summed E-state index contributed by atoms with van der Waals surface area (Å²) in [5.74, 6) is 0.211. The lowest BCUT2D eigenvalue weighted by Crippen LogP contribution is -2.34. The molecule has 2 aromatic rings. The lowest BCUT2D eigenvalue weighted by Gasteiger charge is -2.21. The second kappa shape index (κ2) is 8.87. The van der Waals surface area contributed by atoms with E-state index in [-0.39, 0.29) is 35.0 Å². The highest BCUT2D eigenvalue weighted by atomic mass is 35.5. The molecule has 2 unspecified atom stereocenters. The van der Waals surface area contributed by atoms with Gasteiger partial charge >= 0.3 is 0 Å². The zero-order chi connectivity index (χ0) is 18.7. The summed E-state index contributed by atoms with van der Waals surface area (Å²) in [5, 5.41) is 0. The predicted octanol–water partition coefficient (Wildman–Crippen LogP) is 2.89. The Labute approximate surface area is 166 Å². The molecule has 0 bridgehead atoms. The Balaban J connectivity index is 0.00000261. The van der Waals surface area contributed by atoms with E-state index in [9.17, 15) is 13.2 Å². The molecule has 3 rings (SSSR count). The Hall–Kier alpha value is -1.89. The van der Waals surface area contributed by atoms with Gasteiger partial charge in [-0.2, -0.15) is 0 Å². The summed E-state index contributed by atoms with van der Waals surface area (Å²) in [4.78, 5) is 14.8. The Kier molecular flexibility index (Phi) is 7.03. The van der Waals surface area contributed by atoms with Crippen LogP contribution in [0.1, 0.15) is 29.3 Å². The first-order valence-electron chi connectivity index (χ1n) is 8.78. The molecule has 2 aromatic carbocycles. The van der Waals surface area contributed by atoms with Crippen molar-refractivity contribution in [1.82, 2.24) is 4.90 Å². The van der Waals surface area contributed by atoms with Gasteiger partial charge in [-0.05, 0) is 55.6 Å². The number of amides is 1. The van der Waals surface area contributed by atoms with E-state index in [0.29, 0.717) is 24.6 Å². The average Bonchev–Trinajstić information content (AvgIpc) is 3.02. The number of hydrogen-bond donors (Lipinski definition) is 1. The number of halogens is 1. The first kappa shape index (κ1) is 21.4. The van der Waals surface area contributed by atoms with Crippen molar-refractivity contribution in [2.24, 2.45) is 11.7 Å². The van der Waals surface area contributed by atoms with Gasteiger partial charge in [-0.3, -0.25) is 4.79 Å². The Bertz CT molecular complexity index is 870. The lowest BCUT2D eigenvalue weighted by atomic mass is 10.1. The van der Waals surface area contributed by atoms with Crippen LogP contribution in [0, 0.1) is 5.92 Å². The highest BCUT2D eigenvalue weighted by molar-refractivity contribution is 7.90. The number of benzene rings is 2. The van der Waals surface area contributed by atoms with Gasteiger partial charge in [-0.25, -0.2) is 8.42 Å². The number of nitrogens with zero attached hydrogens (tertiary/aromatic N) is 1. The molecule has 0 aliphatic carbocycles. The highest BCUT2D eigenvalue weighted by Crippen LogP contribution is 2.25. The molecule has 0 saturated carbocycles. The minimum atomic E-state index is -3.44. The third-order valence-electron chi connectivity index (χ3n) is 4.92. The van der Waals surface area contributed by atoms with Crippen molar-refractivity contribution in [3.8, 4) is 0 Å². The van der Waals surface area contributed by atoms with Crippen molar-refractivity contribution in [3.05, 3.63) is 65.7 Å².